The van der Waals surface area contributed by atoms with Gasteiger partial charge in [0.25, 0.3) is 0 Å². The van der Waals surface area contributed by atoms with Crippen molar-refractivity contribution < 1.29 is 9.53 Å². The van der Waals surface area contributed by atoms with E-state index in [0.717, 1.165) is 23.0 Å². The maximum Gasteiger partial charge on any atom is 0.153 e. The van der Waals surface area contributed by atoms with Crippen molar-refractivity contribution in [1.29, 1.82) is 0 Å². The molecular formula is C16H16O2. The summed E-state index contributed by atoms with van der Waals surface area (Å²) in [7, 11) is 1.58. The lowest BCUT2D eigenvalue weighted by Crippen LogP contribution is -1.95. The summed E-state index contributed by atoms with van der Waals surface area (Å²) >= 11 is 0. The average molecular weight is 240 g/mol. The smallest absolute Gasteiger partial charge is 0.153 e. The molecule has 2 aromatic carbocycles. The van der Waals surface area contributed by atoms with E-state index >= 15 is 0 Å². The van der Waals surface area contributed by atoms with Gasteiger partial charge < -0.3 is 4.74 Å². The molecule has 0 aromatic heterocycles. The van der Waals surface area contributed by atoms with E-state index < -0.39 is 0 Å². The van der Waals surface area contributed by atoms with Gasteiger partial charge in [0.05, 0.1) is 12.7 Å². The summed E-state index contributed by atoms with van der Waals surface area (Å²) in [6.07, 6.45) is 0.838. The van der Waals surface area contributed by atoms with Gasteiger partial charge in [-0.1, -0.05) is 29.8 Å². The van der Waals surface area contributed by atoms with Crippen LogP contribution in [0.4, 0.5) is 0 Å². The molecule has 0 radical (unpaired) electrons. The highest BCUT2D eigenvalue weighted by Crippen LogP contribution is 2.29. The average Bonchev–Trinajstić information content (AvgIpc) is 2.37. The van der Waals surface area contributed by atoms with Crippen molar-refractivity contribution in [2.75, 3.05) is 7.11 Å². The Morgan fingerprint density at radius 1 is 1.06 bits per heavy atom. The van der Waals surface area contributed by atoms with Crippen LogP contribution in [0, 0.1) is 13.8 Å². The van der Waals surface area contributed by atoms with Gasteiger partial charge in [0, 0.05) is 0 Å². The number of ether oxygens (including phenoxy) is 1. The Morgan fingerprint density at radius 3 is 2.44 bits per heavy atom. The molecule has 0 spiro atoms. The predicted molar refractivity (Wildman–Crippen MR) is 73.3 cm³/mol. The second-order valence-corrected chi connectivity index (χ2v) is 4.40. The fourth-order valence-corrected chi connectivity index (χ4v) is 2.16. The highest BCUT2D eigenvalue weighted by Gasteiger charge is 2.09. The monoisotopic (exact) mass is 240 g/mol. The van der Waals surface area contributed by atoms with Crippen LogP contribution in [0.15, 0.2) is 36.4 Å². The molecule has 0 heterocycles. The maximum absolute atomic E-state index is 11.1. The Labute approximate surface area is 107 Å². The van der Waals surface area contributed by atoms with Crippen LogP contribution >= 0.6 is 0 Å². The fourth-order valence-electron chi connectivity index (χ4n) is 2.16. The molecule has 2 heteroatoms. The number of aldehydes is 1. The number of benzene rings is 2. The summed E-state index contributed by atoms with van der Waals surface area (Å²) in [5.74, 6) is 0.654. The lowest BCUT2D eigenvalue weighted by molar-refractivity contribution is 0.112. The first-order valence-corrected chi connectivity index (χ1v) is 5.86. The van der Waals surface area contributed by atoms with Gasteiger partial charge in [-0.2, -0.15) is 0 Å². The van der Waals surface area contributed by atoms with Crippen molar-refractivity contribution >= 4 is 6.29 Å². The number of carbonyl (C=O) groups is 1. The zero-order valence-electron chi connectivity index (χ0n) is 10.9. The van der Waals surface area contributed by atoms with Crippen molar-refractivity contribution in [3.63, 3.8) is 0 Å². The number of methoxy groups -OCH3 is 1. The topological polar surface area (TPSA) is 26.3 Å². The van der Waals surface area contributed by atoms with Gasteiger partial charge >= 0.3 is 0 Å². The van der Waals surface area contributed by atoms with Gasteiger partial charge in [-0.3, -0.25) is 4.79 Å². The van der Waals surface area contributed by atoms with E-state index in [-0.39, 0.29) is 0 Å². The summed E-state index contributed by atoms with van der Waals surface area (Å²) in [5, 5.41) is 0. The van der Waals surface area contributed by atoms with Gasteiger partial charge in [-0.25, -0.2) is 0 Å². The Hall–Kier alpha value is -2.09. The van der Waals surface area contributed by atoms with Crippen molar-refractivity contribution in [3.8, 4) is 16.9 Å². The van der Waals surface area contributed by atoms with Gasteiger partial charge in [0.1, 0.15) is 5.75 Å². The first kappa shape index (κ1) is 12.4. The van der Waals surface area contributed by atoms with E-state index in [0.29, 0.717) is 11.3 Å². The fraction of sp³-hybridized carbons (Fsp3) is 0.188. The van der Waals surface area contributed by atoms with Crippen LogP contribution < -0.4 is 4.74 Å². The zero-order chi connectivity index (χ0) is 13.1. The van der Waals surface area contributed by atoms with Crippen LogP contribution in [0.2, 0.25) is 0 Å². The third kappa shape index (κ3) is 2.28. The van der Waals surface area contributed by atoms with Gasteiger partial charge in [0.2, 0.25) is 0 Å². The van der Waals surface area contributed by atoms with Gasteiger partial charge in [-0.15, -0.1) is 0 Å². The number of aryl methyl sites for hydroxylation is 2. The molecule has 2 rings (SSSR count). The third-order valence-electron chi connectivity index (χ3n) is 2.99. The quantitative estimate of drug-likeness (QED) is 0.763. The van der Waals surface area contributed by atoms with E-state index in [1.165, 1.54) is 5.56 Å². The summed E-state index contributed by atoms with van der Waals surface area (Å²) in [4.78, 5) is 11.1. The molecule has 0 saturated heterocycles. The molecule has 0 fully saturated rings. The molecule has 0 unspecified atom stereocenters. The Bertz CT molecular complexity index is 586. The van der Waals surface area contributed by atoms with Crippen LogP contribution in [0.5, 0.6) is 5.75 Å². The molecule has 0 N–H and O–H groups in total. The molecule has 0 aliphatic carbocycles. The van der Waals surface area contributed by atoms with E-state index in [4.69, 9.17) is 4.74 Å². The van der Waals surface area contributed by atoms with Gasteiger partial charge in [-0.05, 0) is 42.7 Å². The van der Waals surface area contributed by atoms with Crippen molar-refractivity contribution in [1.82, 2.24) is 0 Å². The van der Waals surface area contributed by atoms with Crippen LogP contribution in [0.1, 0.15) is 21.5 Å². The third-order valence-corrected chi connectivity index (χ3v) is 2.99. The van der Waals surface area contributed by atoms with Crippen LogP contribution in [-0.4, -0.2) is 13.4 Å². The van der Waals surface area contributed by atoms with Crippen LogP contribution in [0.25, 0.3) is 11.1 Å². The lowest BCUT2D eigenvalue weighted by Gasteiger charge is -2.11. The number of rotatable bonds is 3. The number of carbonyl (C=O) groups excluding carboxylic acids is 1. The number of hydrogen-bond donors (Lipinski definition) is 0. The van der Waals surface area contributed by atoms with E-state index in [9.17, 15) is 4.79 Å². The zero-order valence-corrected chi connectivity index (χ0v) is 10.9. The molecule has 0 bridgehead atoms. The maximum atomic E-state index is 11.1. The van der Waals surface area contributed by atoms with E-state index in [2.05, 4.69) is 19.1 Å². The molecule has 0 saturated carbocycles. The first-order chi connectivity index (χ1) is 8.65. The minimum absolute atomic E-state index is 0.592. The molecule has 0 aliphatic rings. The van der Waals surface area contributed by atoms with Crippen LogP contribution in [-0.2, 0) is 0 Å². The molecular weight excluding hydrogens is 224 g/mol. The summed E-state index contributed by atoms with van der Waals surface area (Å²) in [6.45, 7) is 4.01. The number of hydrogen-bond acceptors (Lipinski definition) is 2. The normalized spacial score (nSPS) is 10.2. The standard InChI is InChI=1S/C16H16O2/c1-11-5-4-6-13(7-11)14-8-12(2)16(18-3)15(9-14)10-17/h4-10H,1-3H3. The summed E-state index contributed by atoms with van der Waals surface area (Å²) in [5.41, 5.74) is 4.92. The molecule has 2 aromatic rings. The highest BCUT2D eigenvalue weighted by molar-refractivity contribution is 5.84. The Kier molecular flexibility index (Phi) is 3.47. The second-order valence-electron chi connectivity index (χ2n) is 4.40. The molecule has 0 aliphatic heterocycles. The molecule has 2 nitrogen and oxygen atoms in total. The van der Waals surface area contributed by atoms with Crippen molar-refractivity contribution in [2.45, 2.75) is 13.8 Å². The summed E-state index contributed by atoms with van der Waals surface area (Å²) < 4.78 is 5.25. The molecule has 0 atom stereocenters. The molecule has 92 valence electrons. The first-order valence-electron chi connectivity index (χ1n) is 5.86. The largest absolute Gasteiger partial charge is 0.496 e. The predicted octanol–water partition coefficient (Wildman–Crippen LogP) is 3.79. The van der Waals surface area contributed by atoms with Crippen molar-refractivity contribution in [2.24, 2.45) is 0 Å². The Morgan fingerprint density at radius 2 is 1.83 bits per heavy atom. The van der Waals surface area contributed by atoms with Crippen molar-refractivity contribution in [3.05, 3.63) is 53.1 Å². The molecule has 0 amide bonds. The minimum Gasteiger partial charge on any atom is -0.496 e. The molecule has 18 heavy (non-hydrogen) atoms. The second kappa shape index (κ2) is 5.05. The van der Waals surface area contributed by atoms with E-state index in [1.54, 1.807) is 7.11 Å². The Balaban J connectivity index is 2.59. The summed E-state index contributed by atoms with van der Waals surface area (Å²) in [6, 6.07) is 12.1. The SMILES string of the molecule is COc1c(C)cc(-c2cccc(C)c2)cc1C=O. The highest BCUT2D eigenvalue weighted by atomic mass is 16.5. The lowest BCUT2D eigenvalue weighted by atomic mass is 9.98. The van der Waals surface area contributed by atoms with E-state index in [1.807, 2.05) is 31.2 Å². The minimum atomic E-state index is 0.592. The van der Waals surface area contributed by atoms with Crippen LogP contribution in [0.3, 0.4) is 0 Å². The van der Waals surface area contributed by atoms with Gasteiger partial charge in [0.15, 0.2) is 6.29 Å².